The summed E-state index contributed by atoms with van der Waals surface area (Å²) >= 11 is 0. The molecule has 132 valence electrons. The molecule has 9 heteroatoms. The second-order valence-electron chi connectivity index (χ2n) is 4.86. The lowest BCUT2D eigenvalue weighted by molar-refractivity contribution is -0.139. The molecule has 0 aromatic heterocycles. The smallest absolute Gasteiger partial charge is 0.320 e. The molecule has 0 saturated heterocycles. The van der Waals surface area contributed by atoms with Gasteiger partial charge in [0.15, 0.2) is 0 Å². The highest BCUT2D eigenvalue weighted by atomic mass is 32.2. The third-order valence-corrected chi connectivity index (χ3v) is 4.59. The zero-order valence-electron chi connectivity index (χ0n) is 13.2. The first kappa shape index (κ1) is 18.6. The first-order chi connectivity index (χ1) is 11.8. The third-order valence-electron chi connectivity index (χ3n) is 3.18. The lowest BCUT2D eigenvalue weighted by Crippen LogP contribution is -2.30. The van der Waals surface area contributed by atoms with Gasteiger partial charge in [0.25, 0.3) is 5.91 Å². The third kappa shape index (κ3) is 4.85. The van der Waals surface area contributed by atoms with Crippen LogP contribution in [0.5, 0.6) is 0 Å². The first-order valence-electron chi connectivity index (χ1n) is 7.06. The number of hydrogen-bond acceptors (Lipinski definition) is 5. The van der Waals surface area contributed by atoms with E-state index in [-0.39, 0.29) is 10.5 Å². The topological polar surface area (TPSA) is 102 Å². The number of benzene rings is 2. The minimum Gasteiger partial charge on any atom is -0.468 e. The lowest BCUT2D eigenvalue weighted by atomic mass is 10.2. The van der Waals surface area contributed by atoms with Crippen molar-refractivity contribution in [3.63, 3.8) is 0 Å². The average Bonchev–Trinajstić information content (AvgIpc) is 2.60. The van der Waals surface area contributed by atoms with E-state index in [1.165, 1.54) is 42.5 Å². The molecule has 0 aliphatic heterocycles. The lowest BCUT2D eigenvalue weighted by Gasteiger charge is -2.08. The van der Waals surface area contributed by atoms with Crippen LogP contribution in [0.25, 0.3) is 0 Å². The van der Waals surface area contributed by atoms with Gasteiger partial charge in [-0.05, 0) is 36.4 Å². The van der Waals surface area contributed by atoms with Gasteiger partial charge in [-0.3, -0.25) is 9.59 Å². The normalized spacial score (nSPS) is 11.0. The molecule has 0 radical (unpaired) electrons. The van der Waals surface area contributed by atoms with Crippen LogP contribution < -0.4 is 10.0 Å². The molecule has 0 fully saturated rings. The molecule has 0 heterocycles. The van der Waals surface area contributed by atoms with Gasteiger partial charge in [-0.1, -0.05) is 12.1 Å². The number of sulfonamides is 1. The monoisotopic (exact) mass is 366 g/mol. The Morgan fingerprint density at radius 2 is 1.72 bits per heavy atom. The fourth-order valence-electron chi connectivity index (χ4n) is 1.87. The molecular formula is C16H15FN2O5S. The van der Waals surface area contributed by atoms with Crippen LogP contribution in [0.15, 0.2) is 53.4 Å². The summed E-state index contributed by atoms with van der Waals surface area (Å²) in [6.07, 6.45) is 0. The SMILES string of the molecule is COC(=O)CNS(=O)(=O)c1ccc(NC(=O)c2ccccc2F)cc1. The molecular weight excluding hydrogens is 351 g/mol. The number of esters is 1. The molecule has 25 heavy (non-hydrogen) atoms. The molecule has 0 spiro atoms. The van der Waals surface area contributed by atoms with Gasteiger partial charge in [0.2, 0.25) is 10.0 Å². The molecule has 2 aromatic carbocycles. The molecule has 0 aliphatic carbocycles. The highest BCUT2D eigenvalue weighted by molar-refractivity contribution is 7.89. The van der Waals surface area contributed by atoms with Crippen LogP contribution >= 0.6 is 0 Å². The van der Waals surface area contributed by atoms with Crippen molar-refractivity contribution in [1.29, 1.82) is 0 Å². The van der Waals surface area contributed by atoms with Gasteiger partial charge < -0.3 is 10.1 Å². The second-order valence-corrected chi connectivity index (χ2v) is 6.63. The van der Waals surface area contributed by atoms with E-state index in [4.69, 9.17) is 0 Å². The molecule has 2 N–H and O–H groups in total. The first-order valence-corrected chi connectivity index (χ1v) is 8.54. The summed E-state index contributed by atoms with van der Waals surface area (Å²) in [7, 11) is -2.75. The number of amides is 1. The number of rotatable bonds is 6. The average molecular weight is 366 g/mol. The summed E-state index contributed by atoms with van der Waals surface area (Å²) in [4.78, 5) is 22.9. The second kappa shape index (κ2) is 7.86. The Bertz CT molecular complexity index is 882. The molecule has 2 rings (SSSR count). The zero-order chi connectivity index (χ0) is 18.4. The van der Waals surface area contributed by atoms with Crippen molar-refractivity contribution in [2.75, 3.05) is 19.0 Å². The minimum absolute atomic E-state index is 0.0970. The molecule has 0 saturated carbocycles. The number of nitrogens with one attached hydrogen (secondary N) is 2. The van der Waals surface area contributed by atoms with E-state index < -0.39 is 34.3 Å². The Hall–Kier alpha value is -2.78. The highest BCUT2D eigenvalue weighted by Gasteiger charge is 2.16. The predicted octanol–water partition coefficient (Wildman–Crippen LogP) is 1.53. The Labute approximate surface area is 143 Å². The van der Waals surface area contributed by atoms with Crippen molar-refractivity contribution in [3.8, 4) is 0 Å². The Balaban J connectivity index is 2.08. The molecule has 0 unspecified atom stereocenters. The van der Waals surface area contributed by atoms with Crippen molar-refractivity contribution >= 4 is 27.6 Å². The van der Waals surface area contributed by atoms with Gasteiger partial charge in [0, 0.05) is 5.69 Å². The fourth-order valence-corrected chi connectivity index (χ4v) is 2.84. The molecule has 0 aliphatic rings. The van der Waals surface area contributed by atoms with Gasteiger partial charge >= 0.3 is 5.97 Å². The van der Waals surface area contributed by atoms with Crippen molar-refractivity contribution in [1.82, 2.24) is 4.72 Å². The number of carbonyl (C=O) groups is 2. The molecule has 0 atom stereocenters. The summed E-state index contributed by atoms with van der Waals surface area (Å²) < 4.78 is 44.0. The fraction of sp³-hybridized carbons (Fsp3) is 0.125. The maximum atomic E-state index is 13.6. The van der Waals surface area contributed by atoms with Crippen LogP contribution in [0.3, 0.4) is 0 Å². The van der Waals surface area contributed by atoms with Crippen molar-refractivity contribution in [2.24, 2.45) is 0 Å². The predicted molar refractivity (Wildman–Crippen MR) is 88.0 cm³/mol. The maximum absolute atomic E-state index is 13.6. The number of ether oxygens (including phenoxy) is 1. The van der Waals surface area contributed by atoms with Gasteiger partial charge in [-0.25, -0.2) is 12.8 Å². The van der Waals surface area contributed by atoms with E-state index in [1.54, 1.807) is 0 Å². The molecule has 7 nitrogen and oxygen atoms in total. The van der Waals surface area contributed by atoms with Gasteiger partial charge in [0.1, 0.15) is 12.4 Å². The van der Waals surface area contributed by atoms with Crippen molar-refractivity contribution < 1.29 is 27.1 Å². The van der Waals surface area contributed by atoms with Crippen LogP contribution in [0.4, 0.5) is 10.1 Å². The van der Waals surface area contributed by atoms with Crippen LogP contribution in [0.2, 0.25) is 0 Å². The summed E-state index contributed by atoms with van der Waals surface area (Å²) in [6.45, 7) is -0.495. The van der Waals surface area contributed by atoms with E-state index in [9.17, 15) is 22.4 Å². The minimum atomic E-state index is -3.89. The highest BCUT2D eigenvalue weighted by Crippen LogP contribution is 2.16. The van der Waals surface area contributed by atoms with E-state index in [0.29, 0.717) is 5.69 Å². The summed E-state index contributed by atoms with van der Waals surface area (Å²) in [5, 5.41) is 2.47. The molecule has 1 amide bonds. The van der Waals surface area contributed by atoms with E-state index in [0.717, 1.165) is 13.2 Å². The van der Waals surface area contributed by atoms with Crippen LogP contribution in [-0.4, -0.2) is 33.9 Å². The number of anilines is 1. The van der Waals surface area contributed by atoms with Crippen molar-refractivity contribution in [3.05, 3.63) is 59.9 Å². The quantitative estimate of drug-likeness (QED) is 0.755. The summed E-state index contributed by atoms with van der Waals surface area (Å²) in [5.41, 5.74) is 0.166. The number of carbonyl (C=O) groups excluding carboxylic acids is 2. The maximum Gasteiger partial charge on any atom is 0.320 e. The Kier molecular flexibility index (Phi) is 5.84. The largest absolute Gasteiger partial charge is 0.468 e. The van der Waals surface area contributed by atoms with Gasteiger partial charge in [0.05, 0.1) is 17.6 Å². The van der Waals surface area contributed by atoms with E-state index in [1.807, 2.05) is 0 Å². The summed E-state index contributed by atoms with van der Waals surface area (Å²) in [5.74, 6) is -2.04. The molecule has 0 bridgehead atoms. The van der Waals surface area contributed by atoms with Crippen LogP contribution in [0.1, 0.15) is 10.4 Å². The van der Waals surface area contributed by atoms with Gasteiger partial charge in [-0.15, -0.1) is 0 Å². The van der Waals surface area contributed by atoms with E-state index in [2.05, 4.69) is 14.8 Å². The summed E-state index contributed by atoms with van der Waals surface area (Å²) in [6, 6.07) is 10.7. The number of halogens is 1. The zero-order valence-corrected chi connectivity index (χ0v) is 14.0. The van der Waals surface area contributed by atoms with Crippen molar-refractivity contribution in [2.45, 2.75) is 4.90 Å². The Morgan fingerprint density at radius 1 is 1.08 bits per heavy atom. The Morgan fingerprint density at radius 3 is 2.32 bits per heavy atom. The van der Waals surface area contributed by atoms with Crippen LogP contribution in [-0.2, 0) is 19.6 Å². The van der Waals surface area contributed by atoms with Crippen LogP contribution in [0, 0.1) is 5.82 Å². The number of hydrogen-bond donors (Lipinski definition) is 2. The number of methoxy groups -OCH3 is 1. The molecule has 2 aromatic rings. The van der Waals surface area contributed by atoms with E-state index >= 15 is 0 Å². The van der Waals surface area contributed by atoms with Gasteiger partial charge in [-0.2, -0.15) is 4.72 Å². The standard InChI is InChI=1S/C16H15FN2O5S/c1-24-15(20)10-18-25(22,23)12-8-6-11(7-9-12)19-16(21)13-4-2-3-5-14(13)17/h2-9,18H,10H2,1H3,(H,19,21).